The number of hydrogen-bond acceptors (Lipinski definition) is 3. The van der Waals surface area contributed by atoms with Crippen LogP contribution in [0.1, 0.15) is 26.7 Å². The Morgan fingerprint density at radius 3 is 2.47 bits per heavy atom. The molecule has 1 fully saturated rings. The van der Waals surface area contributed by atoms with Crippen molar-refractivity contribution < 1.29 is 4.74 Å². The number of piperidine rings is 1. The van der Waals surface area contributed by atoms with Crippen LogP contribution in [0.5, 0.6) is 0 Å². The van der Waals surface area contributed by atoms with Crippen LogP contribution in [0, 0.1) is 0 Å². The molecule has 1 aliphatic rings. The Hall–Kier alpha value is -0.120. The molecule has 3 nitrogen and oxygen atoms in total. The minimum absolute atomic E-state index is 0.784. The molecule has 0 amide bonds. The summed E-state index contributed by atoms with van der Waals surface area (Å²) in [5.74, 6) is 0. The number of likely N-dealkylation sites (N-methyl/N-ethyl adjacent to an activating group) is 1. The molecule has 1 rings (SSSR count). The summed E-state index contributed by atoms with van der Waals surface area (Å²) in [5, 5.41) is 0. The van der Waals surface area contributed by atoms with E-state index in [0.717, 1.165) is 32.3 Å². The lowest BCUT2D eigenvalue weighted by Crippen LogP contribution is -2.44. The molecule has 1 aliphatic heterocycles. The van der Waals surface area contributed by atoms with Crippen molar-refractivity contribution in [3.8, 4) is 0 Å². The lowest BCUT2D eigenvalue weighted by molar-refractivity contribution is 0.0743. The summed E-state index contributed by atoms with van der Waals surface area (Å²) in [6.45, 7) is 10.8. The predicted molar refractivity (Wildman–Crippen MR) is 64.3 cm³/mol. The van der Waals surface area contributed by atoms with E-state index in [9.17, 15) is 0 Å². The van der Waals surface area contributed by atoms with Gasteiger partial charge in [-0.2, -0.15) is 0 Å². The molecular formula is C12H26N2O. The van der Waals surface area contributed by atoms with Gasteiger partial charge in [-0.05, 0) is 46.4 Å². The van der Waals surface area contributed by atoms with Crippen LogP contribution in [-0.4, -0.2) is 62.3 Å². The van der Waals surface area contributed by atoms with E-state index in [-0.39, 0.29) is 0 Å². The molecule has 1 heterocycles. The van der Waals surface area contributed by atoms with E-state index in [4.69, 9.17) is 4.74 Å². The third-order valence-electron chi connectivity index (χ3n) is 3.34. The van der Waals surface area contributed by atoms with Crippen molar-refractivity contribution >= 4 is 0 Å². The number of likely N-dealkylation sites (tertiary alicyclic amines) is 1. The van der Waals surface area contributed by atoms with Gasteiger partial charge in [0.05, 0.1) is 6.61 Å². The average Bonchev–Trinajstić information content (AvgIpc) is 2.26. The molecule has 0 N–H and O–H groups in total. The maximum absolute atomic E-state index is 5.43. The zero-order chi connectivity index (χ0) is 11.1. The number of nitrogens with zero attached hydrogens (tertiary/aromatic N) is 2. The van der Waals surface area contributed by atoms with Crippen molar-refractivity contribution in [3.63, 3.8) is 0 Å². The summed E-state index contributed by atoms with van der Waals surface area (Å²) >= 11 is 0. The van der Waals surface area contributed by atoms with Gasteiger partial charge in [-0.1, -0.05) is 6.92 Å². The molecule has 0 radical (unpaired) electrons. The minimum atomic E-state index is 0.784. The van der Waals surface area contributed by atoms with Crippen LogP contribution in [0.15, 0.2) is 0 Å². The van der Waals surface area contributed by atoms with E-state index in [1.54, 1.807) is 0 Å². The summed E-state index contributed by atoms with van der Waals surface area (Å²) in [6, 6.07) is 0.784. The molecular weight excluding hydrogens is 188 g/mol. The molecule has 0 aromatic rings. The summed E-state index contributed by atoms with van der Waals surface area (Å²) in [7, 11) is 2.21. The smallest absolute Gasteiger partial charge is 0.0593 e. The van der Waals surface area contributed by atoms with Crippen molar-refractivity contribution in [1.82, 2.24) is 9.80 Å². The molecule has 0 aliphatic carbocycles. The third-order valence-corrected chi connectivity index (χ3v) is 3.34. The zero-order valence-electron chi connectivity index (χ0n) is 10.5. The van der Waals surface area contributed by atoms with E-state index >= 15 is 0 Å². The van der Waals surface area contributed by atoms with Gasteiger partial charge in [-0.3, -0.25) is 4.90 Å². The van der Waals surface area contributed by atoms with Crippen LogP contribution in [-0.2, 0) is 4.74 Å². The highest BCUT2D eigenvalue weighted by atomic mass is 16.5. The summed E-state index contributed by atoms with van der Waals surface area (Å²) in [6.07, 6.45) is 2.63. The van der Waals surface area contributed by atoms with Crippen LogP contribution in [0.25, 0.3) is 0 Å². The molecule has 0 aromatic heterocycles. The first-order valence-electron chi connectivity index (χ1n) is 6.28. The first-order valence-corrected chi connectivity index (χ1v) is 6.28. The van der Waals surface area contributed by atoms with E-state index in [1.807, 2.05) is 0 Å². The fourth-order valence-corrected chi connectivity index (χ4v) is 2.29. The molecule has 1 saturated heterocycles. The highest BCUT2D eigenvalue weighted by Gasteiger charge is 2.21. The van der Waals surface area contributed by atoms with E-state index in [1.165, 1.54) is 25.9 Å². The van der Waals surface area contributed by atoms with Gasteiger partial charge in [0.15, 0.2) is 0 Å². The Morgan fingerprint density at radius 2 is 1.93 bits per heavy atom. The van der Waals surface area contributed by atoms with Crippen LogP contribution < -0.4 is 0 Å². The second kappa shape index (κ2) is 7.20. The Bertz CT molecular complexity index is 156. The SMILES string of the molecule is CCOCCN(CC)C1CCN(C)CC1. The first-order chi connectivity index (χ1) is 7.27. The molecule has 0 unspecified atom stereocenters. The van der Waals surface area contributed by atoms with E-state index < -0.39 is 0 Å². The van der Waals surface area contributed by atoms with Gasteiger partial charge in [0, 0.05) is 19.2 Å². The summed E-state index contributed by atoms with van der Waals surface area (Å²) < 4.78 is 5.43. The maximum Gasteiger partial charge on any atom is 0.0593 e. The van der Waals surface area contributed by atoms with Gasteiger partial charge in [0.2, 0.25) is 0 Å². The normalized spacial score (nSPS) is 20.0. The number of hydrogen-bond donors (Lipinski definition) is 0. The second-order valence-corrected chi connectivity index (χ2v) is 4.36. The molecule has 0 aromatic carbocycles. The van der Waals surface area contributed by atoms with Crippen molar-refractivity contribution in [2.24, 2.45) is 0 Å². The molecule has 3 heteroatoms. The molecule has 0 atom stereocenters. The monoisotopic (exact) mass is 214 g/mol. The van der Waals surface area contributed by atoms with Crippen molar-refractivity contribution in [2.45, 2.75) is 32.7 Å². The van der Waals surface area contributed by atoms with Gasteiger partial charge in [-0.25, -0.2) is 0 Å². The van der Waals surface area contributed by atoms with Crippen molar-refractivity contribution in [1.29, 1.82) is 0 Å². The first kappa shape index (κ1) is 12.9. The Kier molecular flexibility index (Phi) is 6.22. The lowest BCUT2D eigenvalue weighted by atomic mass is 10.0. The quantitative estimate of drug-likeness (QED) is 0.622. The fourth-order valence-electron chi connectivity index (χ4n) is 2.29. The number of ether oxygens (including phenoxy) is 1. The van der Waals surface area contributed by atoms with E-state index in [0.29, 0.717) is 0 Å². The van der Waals surface area contributed by atoms with Gasteiger partial charge in [-0.15, -0.1) is 0 Å². The van der Waals surface area contributed by atoms with Crippen LogP contribution in [0.3, 0.4) is 0 Å². The largest absolute Gasteiger partial charge is 0.380 e. The molecule has 0 saturated carbocycles. The highest BCUT2D eigenvalue weighted by Crippen LogP contribution is 2.14. The molecule has 90 valence electrons. The van der Waals surface area contributed by atoms with Crippen molar-refractivity contribution in [3.05, 3.63) is 0 Å². The summed E-state index contributed by atoms with van der Waals surface area (Å²) in [4.78, 5) is 5.00. The standard InChI is InChI=1S/C12H26N2O/c1-4-14(10-11-15-5-2)12-6-8-13(3)9-7-12/h12H,4-11H2,1-3H3. The number of rotatable bonds is 6. The van der Waals surface area contributed by atoms with Gasteiger partial charge in [0.25, 0.3) is 0 Å². The highest BCUT2D eigenvalue weighted by molar-refractivity contribution is 4.77. The average molecular weight is 214 g/mol. The van der Waals surface area contributed by atoms with Crippen molar-refractivity contribution in [2.75, 3.05) is 46.4 Å². The maximum atomic E-state index is 5.43. The van der Waals surface area contributed by atoms with Gasteiger partial charge < -0.3 is 9.64 Å². The second-order valence-electron chi connectivity index (χ2n) is 4.36. The third kappa shape index (κ3) is 4.49. The molecule has 0 bridgehead atoms. The zero-order valence-corrected chi connectivity index (χ0v) is 10.5. The predicted octanol–water partition coefficient (Wildman–Crippen LogP) is 1.44. The Balaban J connectivity index is 2.24. The van der Waals surface area contributed by atoms with Gasteiger partial charge in [0.1, 0.15) is 0 Å². The molecule has 0 spiro atoms. The minimum Gasteiger partial charge on any atom is -0.380 e. The lowest BCUT2D eigenvalue weighted by Gasteiger charge is -2.36. The Morgan fingerprint density at radius 1 is 1.27 bits per heavy atom. The van der Waals surface area contributed by atoms with Crippen LogP contribution in [0.2, 0.25) is 0 Å². The Labute approximate surface area is 94.4 Å². The summed E-state index contributed by atoms with van der Waals surface area (Å²) in [5.41, 5.74) is 0. The molecule has 15 heavy (non-hydrogen) atoms. The van der Waals surface area contributed by atoms with Gasteiger partial charge >= 0.3 is 0 Å². The van der Waals surface area contributed by atoms with Crippen LogP contribution in [0.4, 0.5) is 0 Å². The van der Waals surface area contributed by atoms with E-state index in [2.05, 4.69) is 30.7 Å². The topological polar surface area (TPSA) is 15.7 Å². The fraction of sp³-hybridized carbons (Fsp3) is 1.00. The van der Waals surface area contributed by atoms with Crippen LogP contribution >= 0.6 is 0 Å².